The Balaban J connectivity index is 1.66. The zero-order valence-corrected chi connectivity index (χ0v) is 9.15. The molecule has 2 nitrogen and oxygen atoms in total. The van der Waals surface area contributed by atoms with Gasteiger partial charge in [0, 0.05) is 24.0 Å². The number of nitrogens with two attached hydrogens (primary N) is 1. The molecule has 1 aromatic heterocycles. The Morgan fingerprint density at radius 1 is 1.50 bits per heavy atom. The predicted octanol–water partition coefficient (Wildman–Crippen LogP) is 2.02. The van der Waals surface area contributed by atoms with E-state index in [1.54, 1.807) is 0 Å². The van der Waals surface area contributed by atoms with Gasteiger partial charge in [0.1, 0.15) is 0 Å². The van der Waals surface area contributed by atoms with Crippen LogP contribution < -0.4 is 5.73 Å². The first-order chi connectivity index (χ1) is 6.75. The van der Waals surface area contributed by atoms with Crippen LogP contribution >= 0.6 is 11.8 Å². The number of rotatable bonds is 3. The van der Waals surface area contributed by atoms with Gasteiger partial charge in [-0.2, -0.15) is 0 Å². The zero-order chi connectivity index (χ0) is 9.60. The van der Waals surface area contributed by atoms with Gasteiger partial charge >= 0.3 is 0 Å². The molecule has 2 heterocycles. The molecular formula is C11H16N2S. The molecule has 2 aliphatic rings. The van der Waals surface area contributed by atoms with Crippen molar-refractivity contribution >= 4 is 11.8 Å². The van der Waals surface area contributed by atoms with Gasteiger partial charge in [-0.1, -0.05) is 0 Å². The van der Waals surface area contributed by atoms with Crippen LogP contribution in [0.1, 0.15) is 24.8 Å². The molecule has 76 valence electrons. The SMILES string of the molecule is NC1(CCc2cc3n(c2)CCS3)CC1. The first-order valence-electron chi connectivity index (χ1n) is 5.36. The van der Waals surface area contributed by atoms with E-state index >= 15 is 0 Å². The molecule has 0 spiro atoms. The van der Waals surface area contributed by atoms with Gasteiger partial charge < -0.3 is 10.3 Å². The van der Waals surface area contributed by atoms with Crippen LogP contribution in [0, 0.1) is 0 Å². The standard InChI is InChI=1S/C11H16N2S/c12-11(3-4-11)2-1-9-7-10-13(8-9)5-6-14-10/h7-8H,1-6,12H2. The van der Waals surface area contributed by atoms with Crippen LogP contribution in [-0.2, 0) is 13.0 Å². The fourth-order valence-electron chi connectivity index (χ4n) is 2.03. The lowest BCUT2D eigenvalue weighted by atomic mass is 10.1. The Morgan fingerprint density at radius 2 is 2.36 bits per heavy atom. The van der Waals surface area contributed by atoms with Crippen LogP contribution in [0.3, 0.4) is 0 Å². The van der Waals surface area contributed by atoms with E-state index in [-0.39, 0.29) is 5.54 Å². The number of hydrogen-bond acceptors (Lipinski definition) is 2. The summed E-state index contributed by atoms with van der Waals surface area (Å²) in [6.45, 7) is 1.19. The highest BCUT2D eigenvalue weighted by molar-refractivity contribution is 7.99. The average Bonchev–Trinajstić information content (AvgIpc) is 2.61. The van der Waals surface area contributed by atoms with E-state index in [4.69, 9.17) is 5.73 Å². The van der Waals surface area contributed by atoms with Crippen LogP contribution in [0.15, 0.2) is 17.3 Å². The molecule has 0 unspecified atom stereocenters. The highest BCUT2D eigenvalue weighted by Gasteiger charge is 2.37. The molecule has 14 heavy (non-hydrogen) atoms. The van der Waals surface area contributed by atoms with Crippen molar-refractivity contribution in [3.8, 4) is 0 Å². The molecule has 0 radical (unpaired) electrons. The average molecular weight is 208 g/mol. The second kappa shape index (κ2) is 3.04. The van der Waals surface area contributed by atoms with Crippen LogP contribution in [0.5, 0.6) is 0 Å². The molecular weight excluding hydrogens is 192 g/mol. The summed E-state index contributed by atoms with van der Waals surface area (Å²) in [6, 6.07) is 2.34. The number of fused-ring (bicyclic) bond motifs is 1. The Morgan fingerprint density at radius 3 is 3.07 bits per heavy atom. The van der Waals surface area contributed by atoms with Crippen LogP contribution in [0.4, 0.5) is 0 Å². The fourth-order valence-corrected chi connectivity index (χ4v) is 3.07. The number of nitrogens with zero attached hydrogens (tertiary/aromatic N) is 1. The normalized spacial score (nSPS) is 22.4. The van der Waals surface area contributed by atoms with E-state index in [1.165, 1.54) is 42.1 Å². The molecule has 1 aliphatic heterocycles. The molecule has 0 aromatic carbocycles. The van der Waals surface area contributed by atoms with Crippen LogP contribution in [0.25, 0.3) is 0 Å². The molecule has 0 saturated heterocycles. The van der Waals surface area contributed by atoms with E-state index in [9.17, 15) is 0 Å². The third-order valence-electron chi connectivity index (χ3n) is 3.30. The molecule has 3 heteroatoms. The minimum atomic E-state index is 0.208. The summed E-state index contributed by atoms with van der Waals surface area (Å²) in [5.41, 5.74) is 7.76. The topological polar surface area (TPSA) is 30.9 Å². The highest BCUT2D eigenvalue weighted by atomic mass is 32.2. The highest BCUT2D eigenvalue weighted by Crippen LogP contribution is 2.37. The summed E-state index contributed by atoms with van der Waals surface area (Å²) >= 11 is 1.97. The molecule has 0 atom stereocenters. The molecule has 1 saturated carbocycles. The maximum Gasteiger partial charge on any atom is 0.0751 e. The van der Waals surface area contributed by atoms with Crippen molar-refractivity contribution in [1.29, 1.82) is 0 Å². The lowest BCUT2D eigenvalue weighted by Gasteiger charge is -2.06. The summed E-state index contributed by atoms with van der Waals surface area (Å²) in [7, 11) is 0. The first-order valence-corrected chi connectivity index (χ1v) is 6.35. The van der Waals surface area contributed by atoms with Crippen molar-refractivity contribution in [3.63, 3.8) is 0 Å². The maximum atomic E-state index is 6.07. The minimum absolute atomic E-state index is 0.208. The van der Waals surface area contributed by atoms with Crippen molar-refractivity contribution in [2.24, 2.45) is 5.73 Å². The number of hydrogen-bond donors (Lipinski definition) is 1. The zero-order valence-electron chi connectivity index (χ0n) is 8.33. The number of aryl methyl sites for hydroxylation is 2. The van der Waals surface area contributed by atoms with Crippen molar-refractivity contribution in [3.05, 3.63) is 17.8 Å². The maximum absolute atomic E-state index is 6.07. The lowest BCUT2D eigenvalue weighted by Crippen LogP contribution is -2.21. The number of thioether (sulfide) groups is 1. The van der Waals surface area contributed by atoms with E-state index in [0.717, 1.165) is 6.42 Å². The van der Waals surface area contributed by atoms with Gasteiger partial charge in [0.05, 0.1) is 5.03 Å². The van der Waals surface area contributed by atoms with Gasteiger partial charge in [-0.25, -0.2) is 0 Å². The van der Waals surface area contributed by atoms with Gasteiger partial charge in [0.15, 0.2) is 0 Å². The van der Waals surface area contributed by atoms with Gasteiger partial charge in [-0.05, 0) is 37.3 Å². The molecule has 3 rings (SSSR count). The van der Waals surface area contributed by atoms with Gasteiger partial charge in [-0.3, -0.25) is 0 Å². The summed E-state index contributed by atoms with van der Waals surface area (Å²) in [4.78, 5) is 0. The van der Waals surface area contributed by atoms with E-state index in [0.29, 0.717) is 0 Å². The largest absolute Gasteiger partial charge is 0.342 e. The van der Waals surface area contributed by atoms with Crippen LogP contribution in [-0.4, -0.2) is 15.9 Å². The number of aromatic nitrogens is 1. The monoisotopic (exact) mass is 208 g/mol. The van der Waals surface area contributed by atoms with E-state index in [1.807, 2.05) is 11.8 Å². The Labute approximate surface area is 88.9 Å². The Kier molecular flexibility index (Phi) is 1.92. The minimum Gasteiger partial charge on any atom is -0.342 e. The third kappa shape index (κ3) is 1.59. The van der Waals surface area contributed by atoms with Gasteiger partial charge in [0.25, 0.3) is 0 Å². The second-order valence-electron chi connectivity index (χ2n) is 4.59. The smallest absolute Gasteiger partial charge is 0.0751 e. The van der Waals surface area contributed by atoms with Gasteiger partial charge in [-0.15, -0.1) is 11.8 Å². The third-order valence-corrected chi connectivity index (χ3v) is 4.33. The summed E-state index contributed by atoms with van der Waals surface area (Å²) < 4.78 is 2.37. The van der Waals surface area contributed by atoms with E-state index < -0.39 is 0 Å². The van der Waals surface area contributed by atoms with Gasteiger partial charge in [0.2, 0.25) is 0 Å². The summed E-state index contributed by atoms with van der Waals surface area (Å²) in [5, 5.41) is 1.45. The van der Waals surface area contributed by atoms with Crippen molar-refractivity contribution in [1.82, 2.24) is 4.57 Å². The summed E-state index contributed by atoms with van der Waals surface area (Å²) in [6.07, 6.45) is 7.10. The fraction of sp³-hybridized carbons (Fsp3) is 0.636. The predicted molar refractivity (Wildman–Crippen MR) is 59.6 cm³/mol. The summed E-state index contributed by atoms with van der Waals surface area (Å²) in [5.74, 6) is 1.25. The Hall–Kier alpha value is -0.410. The molecule has 1 aromatic rings. The van der Waals surface area contributed by atoms with Crippen LogP contribution in [0.2, 0.25) is 0 Å². The molecule has 1 aliphatic carbocycles. The van der Waals surface area contributed by atoms with E-state index in [2.05, 4.69) is 16.8 Å². The second-order valence-corrected chi connectivity index (χ2v) is 5.71. The van der Waals surface area contributed by atoms with Crippen molar-refractivity contribution in [2.45, 2.75) is 42.8 Å². The quantitative estimate of drug-likeness (QED) is 0.824. The molecule has 0 amide bonds. The Bertz CT molecular complexity index is 331. The molecule has 2 N–H and O–H groups in total. The first kappa shape index (κ1) is 8.86. The molecule has 0 bridgehead atoms. The van der Waals surface area contributed by atoms with Crippen molar-refractivity contribution < 1.29 is 0 Å². The lowest BCUT2D eigenvalue weighted by molar-refractivity contribution is 0.608. The molecule has 1 fully saturated rings. The van der Waals surface area contributed by atoms with Crippen molar-refractivity contribution in [2.75, 3.05) is 5.75 Å².